The van der Waals surface area contributed by atoms with E-state index in [0.29, 0.717) is 31.9 Å². The average Bonchev–Trinajstić information content (AvgIpc) is 3.11. The normalized spacial score (nSPS) is 19.9. The largest absolute Gasteiger partial charge is 0.379 e. The summed E-state index contributed by atoms with van der Waals surface area (Å²) in [4.78, 5) is 21.4. The molecular formula is C20H22N4O3. The Morgan fingerprint density at radius 1 is 1.41 bits per heavy atom. The Balaban J connectivity index is 1.42. The summed E-state index contributed by atoms with van der Waals surface area (Å²) in [7, 11) is 0. The van der Waals surface area contributed by atoms with Crippen molar-refractivity contribution in [3.63, 3.8) is 0 Å². The van der Waals surface area contributed by atoms with Crippen LogP contribution in [-0.2, 0) is 16.1 Å². The first kappa shape index (κ1) is 17.6. The molecule has 7 nitrogen and oxygen atoms in total. The lowest BCUT2D eigenvalue weighted by Crippen LogP contribution is -2.50. The number of nitrogens with one attached hydrogen (secondary N) is 1. The van der Waals surface area contributed by atoms with Gasteiger partial charge in [-0.15, -0.1) is 0 Å². The summed E-state index contributed by atoms with van der Waals surface area (Å²) in [5, 5.41) is 3.06. The molecule has 1 fully saturated rings. The quantitative estimate of drug-likeness (QED) is 0.749. The SMILES string of the molecule is Cc1ccn2cc(C(=O)N[C@@H]3CCOC[C@H]3OCc3ccccn3)nc2c1. The lowest BCUT2D eigenvalue weighted by atomic mass is 10.1. The molecule has 0 aromatic carbocycles. The lowest BCUT2D eigenvalue weighted by molar-refractivity contribution is -0.0743. The van der Waals surface area contributed by atoms with Gasteiger partial charge < -0.3 is 19.2 Å². The van der Waals surface area contributed by atoms with E-state index in [9.17, 15) is 4.79 Å². The molecular weight excluding hydrogens is 344 g/mol. The van der Waals surface area contributed by atoms with Crippen LogP contribution in [-0.4, -0.2) is 45.6 Å². The molecule has 1 saturated heterocycles. The highest BCUT2D eigenvalue weighted by molar-refractivity contribution is 5.93. The molecule has 0 saturated carbocycles. The van der Waals surface area contributed by atoms with Crippen LogP contribution < -0.4 is 5.32 Å². The van der Waals surface area contributed by atoms with Gasteiger partial charge in [-0.3, -0.25) is 9.78 Å². The molecule has 2 atom stereocenters. The van der Waals surface area contributed by atoms with Crippen molar-refractivity contribution in [1.29, 1.82) is 0 Å². The number of imidazole rings is 1. The van der Waals surface area contributed by atoms with Crippen LogP contribution >= 0.6 is 0 Å². The van der Waals surface area contributed by atoms with Gasteiger partial charge in [0.2, 0.25) is 0 Å². The van der Waals surface area contributed by atoms with E-state index in [0.717, 1.165) is 16.9 Å². The Kier molecular flexibility index (Phi) is 5.13. The second kappa shape index (κ2) is 7.85. The molecule has 0 unspecified atom stereocenters. The molecule has 1 aliphatic rings. The average molecular weight is 366 g/mol. The van der Waals surface area contributed by atoms with Gasteiger partial charge in [0, 0.05) is 25.2 Å². The Bertz CT molecular complexity index is 925. The number of carbonyl (C=O) groups is 1. The van der Waals surface area contributed by atoms with Gasteiger partial charge in [-0.1, -0.05) is 6.07 Å². The Morgan fingerprint density at radius 3 is 3.19 bits per heavy atom. The summed E-state index contributed by atoms with van der Waals surface area (Å²) >= 11 is 0. The van der Waals surface area contributed by atoms with Crippen molar-refractivity contribution in [2.75, 3.05) is 13.2 Å². The van der Waals surface area contributed by atoms with Gasteiger partial charge >= 0.3 is 0 Å². The summed E-state index contributed by atoms with van der Waals surface area (Å²) < 4.78 is 13.3. The van der Waals surface area contributed by atoms with E-state index >= 15 is 0 Å². The zero-order chi connectivity index (χ0) is 18.6. The summed E-state index contributed by atoms with van der Waals surface area (Å²) in [6.45, 7) is 3.43. The summed E-state index contributed by atoms with van der Waals surface area (Å²) in [6.07, 6.45) is 5.87. The van der Waals surface area contributed by atoms with Crippen molar-refractivity contribution >= 4 is 11.6 Å². The third-order valence-electron chi connectivity index (χ3n) is 4.64. The monoisotopic (exact) mass is 366 g/mol. The van der Waals surface area contributed by atoms with Gasteiger partial charge in [-0.25, -0.2) is 4.98 Å². The first-order valence-electron chi connectivity index (χ1n) is 9.04. The Hall–Kier alpha value is -2.77. The predicted molar refractivity (Wildman–Crippen MR) is 99.4 cm³/mol. The van der Waals surface area contributed by atoms with Crippen LogP contribution in [0.3, 0.4) is 0 Å². The number of aromatic nitrogens is 3. The molecule has 4 heterocycles. The number of carbonyl (C=O) groups excluding carboxylic acids is 1. The Morgan fingerprint density at radius 2 is 2.33 bits per heavy atom. The van der Waals surface area contributed by atoms with Crippen LogP contribution in [0.2, 0.25) is 0 Å². The summed E-state index contributed by atoms with van der Waals surface area (Å²) in [5.74, 6) is -0.199. The Labute approximate surface area is 157 Å². The van der Waals surface area contributed by atoms with Gasteiger partial charge in [0.15, 0.2) is 0 Å². The highest BCUT2D eigenvalue weighted by Gasteiger charge is 2.29. The number of hydrogen-bond donors (Lipinski definition) is 1. The molecule has 0 bridgehead atoms. The lowest BCUT2D eigenvalue weighted by Gasteiger charge is -2.31. The molecule has 0 radical (unpaired) electrons. The predicted octanol–water partition coefficient (Wildman–Crippen LogP) is 2.14. The molecule has 3 aromatic rings. The third-order valence-corrected chi connectivity index (χ3v) is 4.64. The molecule has 3 aromatic heterocycles. The van der Waals surface area contributed by atoms with Crippen LogP contribution in [0, 0.1) is 6.92 Å². The number of amides is 1. The van der Waals surface area contributed by atoms with Crippen LogP contribution in [0.4, 0.5) is 0 Å². The van der Waals surface area contributed by atoms with Crippen LogP contribution in [0.5, 0.6) is 0 Å². The maximum Gasteiger partial charge on any atom is 0.271 e. The minimum Gasteiger partial charge on any atom is -0.379 e. The molecule has 140 valence electrons. The second-order valence-electron chi connectivity index (χ2n) is 6.71. The van der Waals surface area contributed by atoms with E-state index in [1.165, 1.54) is 0 Å². The van der Waals surface area contributed by atoms with Gasteiger partial charge in [0.25, 0.3) is 5.91 Å². The molecule has 0 spiro atoms. The van der Waals surface area contributed by atoms with Crippen molar-refractivity contribution in [1.82, 2.24) is 19.7 Å². The number of nitrogens with zero attached hydrogens (tertiary/aromatic N) is 3. The van der Waals surface area contributed by atoms with E-state index < -0.39 is 0 Å². The van der Waals surface area contributed by atoms with Gasteiger partial charge in [-0.2, -0.15) is 0 Å². The molecule has 1 aliphatic heterocycles. The van der Waals surface area contributed by atoms with Crippen molar-refractivity contribution in [2.45, 2.75) is 32.1 Å². The van der Waals surface area contributed by atoms with E-state index in [1.54, 1.807) is 12.4 Å². The minimum absolute atomic E-state index is 0.124. The molecule has 7 heteroatoms. The van der Waals surface area contributed by atoms with Crippen molar-refractivity contribution in [2.24, 2.45) is 0 Å². The molecule has 1 N–H and O–H groups in total. The molecule has 27 heavy (non-hydrogen) atoms. The topological polar surface area (TPSA) is 77.8 Å². The first-order chi connectivity index (χ1) is 13.2. The summed E-state index contributed by atoms with van der Waals surface area (Å²) in [6, 6.07) is 9.51. The number of rotatable bonds is 5. The second-order valence-corrected chi connectivity index (χ2v) is 6.71. The number of ether oxygens (including phenoxy) is 2. The van der Waals surface area contributed by atoms with Crippen LogP contribution in [0.1, 0.15) is 28.2 Å². The van der Waals surface area contributed by atoms with Crippen LogP contribution in [0.15, 0.2) is 48.9 Å². The molecule has 1 amide bonds. The van der Waals surface area contributed by atoms with E-state index in [1.807, 2.05) is 47.9 Å². The van der Waals surface area contributed by atoms with Gasteiger partial charge in [-0.05, 0) is 43.2 Å². The van der Waals surface area contributed by atoms with E-state index in [-0.39, 0.29) is 18.1 Å². The van der Waals surface area contributed by atoms with Crippen molar-refractivity contribution in [3.8, 4) is 0 Å². The van der Waals surface area contributed by atoms with E-state index in [4.69, 9.17) is 9.47 Å². The van der Waals surface area contributed by atoms with Crippen molar-refractivity contribution in [3.05, 3.63) is 65.9 Å². The minimum atomic E-state index is -0.219. The number of fused-ring (bicyclic) bond motifs is 1. The smallest absolute Gasteiger partial charge is 0.271 e. The number of hydrogen-bond acceptors (Lipinski definition) is 5. The zero-order valence-electron chi connectivity index (χ0n) is 15.2. The number of aryl methyl sites for hydroxylation is 1. The van der Waals surface area contributed by atoms with E-state index in [2.05, 4.69) is 15.3 Å². The highest BCUT2D eigenvalue weighted by atomic mass is 16.5. The maximum atomic E-state index is 12.7. The van der Waals surface area contributed by atoms with Crippen molar-refractivity contribution < 1.29 is 14.3 Å². The summed E-state index contributed by atoms with van der Waals surface area (Å²) in [5.41, 5.74) is 3.11. The highest BCUT2D eigenvalue weighted by Crippen LogP contribution is 2.15. The fourth-order valence-electron chi connectivity index (χ4n) is 3.15. The van der Waals surface area contributed by atoms with Gasteiger partial charge in [0.05, 0.1) is 24.9 Å². The first-order valence-corrected chi connectivity index (χ1v) is 9.04. The van der Waals surface area contributed by atoms with Gasteiger partial charge in [0.1, 0.15) is 17.4 Å². The fraction of sp³-hybridized carbons (Fsp3) is 0.350. The maximum absolute atomic E-state index is 12.7. The zero-order valence-corrected chi connectivity index (χ0v) is 15.2. The fourth-order valence-corrected chi connectivity index (χ4v) is 3.15. The molecule has 0 aliphatic carbocycles. The van der Waals surface area contributed by atoms with Crippen LogP contribution in [0.25, 0.3) is 5.65 Å². The number of pyridine rings is 2. The third kappa shape index (κ3) is 4.15. The molecule has 4 rings (SSSR count). The standard InChI is InChI=1S/C20H22N4O3/c1-14-5-8-24-11-17(22-19(24)10-14)20(25)23-16-6-9-26-13-18(16)27-12-15-4-2-3-7-21-15/h2-5,7-8,10-11,16,18H,6,9,12-13H2,1H3,(H,23,25)/t16-,18-/m1/s1.